The lowest BCUT2D eigenvalue weighted by molar-refractivity contribution is 0.102. The Morgan fingerprint density at radius 1 is 1.44 bits per heavy atom. The average Bonchev–Trinajstić information content (AvgIpc) is 2.82. The molecule has 0 aliphatic heterocycles. The molecule has 1 aromatic heterocycles. The van der Waals surface area contributed by atoms with Gasteiger partial charge in [0.15, 0.2) is 0 Å². The maximum atomic E-state index is 12.0. The Labute approximate surface area is 118 Å². The van der Waals surface area contributed by atoms with E-state index in [1.165, 1.54) is 6.26 Å². The third-order valence-corrected chi connectivity index (χ3v) is 3.70. The van der Waals surface area contributed by atoms with Crippen LogP contribution in [-0.4, -0.2) is 5.91 Å². The van der Waals surface area contributed by atoms with Gasteiger partial charge in [-0.3, -0.25) is 4.79 Å². The van der Waals surface area contributed by atoms with Crippen LogP contribution in [0, 0.1) is 0 Å². The normalized spacial score (nSPS) is 10.4. The SMILES string of the molecule is CCc1occc1C(=O)Nc1ccc(Cl)c(Br)c1. The molecule has 0 atom stereocenters. The molecule has 0 fully saturated rings. The fraction of sp³-hybridized carbons (Fsp3) is 0.154. The molecule has 0 aliphatic rings. The summed E-state index contributed by atoms with van der Waals surface area (Å²) in [6.07, 6.45) is 2.20. The van der Waals surface area contributed by atoms with Crippen LogP contribution in [0.3, 0.4) is 0 Å². The van der Waals surface area contributed by atoms with E-state index in [4.69, 9.17) is 16.0 Å². The number of aryl methyl sites for hydroxylation is 1. The number of hydrogen-bond donors (Lipinski definition) is 1. The summed E-state index contributed by atoms with van der Waals surface area (Å²) < 4.78 is 5.96. The molecule has 0 spiro atoms. The summed E-state index contributed by atoms with van der Waals surface area (Å²) in [5.74, 6) is 0.496. The van der Waals surface area contributed by atoms with Crippen LogP contribution in [0.25, 0.3) is 0 Å². The lowest BCUT2D eigenvalue weighted by Crippen LogP contribution is -2.12. The molecular formula is C13H11BrClNO2. The smallest absolute Gasteiger partial charge is 0.259 e. The first-order chi connectivity index (χ1) is 8.61. The Hall–Kier alpha value is -1.26. The molecule has 0 saturated carbocycles. The van der Waals surface area contributed by atoms with Crippen LogP contribution in [0.1, 0.15) is 23.0 Å². The highest BCUT2D eigenvalue weighted by atomic mass is 79.9. The number of anilines is 1. The highest BCUT2D eigenvalue weighted by molar-refractivity contribution is 9.10. The molecule has 18 heavy (non-hydrogen) atoms. The van der Waals surface area contributed by atoms with E-state index in [0.717, 1.165) is 4.47 Å². The molecule has 0 saturated heterocycles. The highest BCUT2D eigenvalue weighted by Crippen LogP contribution is 2.26. The average molecular weight is 329 g/mol. The molecule has 3 nitrogen and oxygen atoms in total. The minimum absolute atomic E-state index is 0.185. The monoisotopic (exact) mass is 327 g/mol. The van der Waals surface area contributed by atoms with Crippen LogP contribution in [0.2, 0.25) is 5.02 Å². The molecule has 1 aromatic carbocycles. The Morgan fingerprint density at radius 2 is 2.22 bits per heavy atom. The Bertz CT molecular complexity index is 580. The van der Waals surface area contributed by atoms with Crippen molar-refractivity contribution in [3.05, 3.63) is 51.3 Å². The third-order valence-electron chi connectivity index (χ3n) is 2.49. The van der Waals surface area contributed by atoms with E-state index in [-0.39, 0.29) is 5.91 Å². The topological polar surface area (TPSA) is 42.2 Å². The van der Waals surface area contributed by atoms with E-state index >= 15 is 0 Å². The Balaban J connectivity index is 2.19. The van der Waals surface area contributed by atoms with Gasteiger partial charge in [-0.25, -0.2) is 0 Å². The second kappa shape index (κ2) is 5.59. The van der Waals surface area contributed by atoms with Gasteiger partial charge >= 0.3 is 0 Å². The van der Waals surface area contributed by atoms with Gasteiger partial charge in [0.2, 0.25) is 0 Å². The van der Waals surface area contributed by atoms with Crippen LogP contribution in [0.4, 0.5) is 5.69 Å². The number of rotatable bonds is 3. The van der Waals surface area contributed by atoms with Crippen molar-refractivity contribution >= 4 is 39.1 Å². The van der Waals surface area contributed by atoms with Crippen molar-refractivity contribution in [2.75, 3.05) is 5.32 Å². The number of amides is 1. The van der Waals surface area contributed by atoms with Crippen molar-refractivity contribution in [2.24, 2.45) is 0 Å². The Morgan fingerprint density at radius 3 is 2.89 bits per heavy atom. The number of nitrogens with one attached hydrogen (secondary N) is 1. The molecule has 94 valence electrons. The summed E-state index contributed by atoms with van der Waals surface area (Å²) >= 11 is 9.20. The van der Waals surface area contributed by atoms with Crippen molar-refractivity contribution in [3.8, 4) is 0 Å². The van der Waals surface area contributed by atoms with E-state index < -0.39 is 0 Å². The first-order valence-corrected chi connectivity index (χ1v) is 6.61. The van der Waals surface area contributed by atoms with E-state index in [2.05, 4.69) is 21.2 Å². The van der Waals surface area contributed by atoms with Crippen LogP contribution in [0.15, 0.2) is 39.4 Å². The van der Waals surface area contributed by atoms with Gasteiger partial charge in [0, 0.05) is 16.6 Å². The van der Waals surface area contributed by atoms with Gasteiger partial charge in [-0.2, -0.15) is 0 Å². The largest absolute Gasteiger partial charge is 0.469 e. The molecule has 1 heterocycles. The predicted molar refractivity (Wildman–Crippen MR) is 75.2 cm³/mol. The molecule has 0 bridgehead atoms. The molecule has 2 aromatic rings. The maximum Gasteiger partial charge on any atom is 0.259 e. The van der Waals surface area contributed by atoms with Gasteiger partial charge in [0.25, 0.3) is 5.91 Å². The fourth-order valence-electron chi connectivity index (χ4n) is 1.59. The van der Waals surface area contributed by atoms with Gasteiger partial charge in [-0.1, -0.05) is 18.5 Å². The number of halogens is 2. The number of carbonyl (C=O) groups is 1. The van der Waals surface area contributed by atoms with Crippen molar-refractivity contribution < 1.29 is 9.21 Å². The lowest BCUT2D eigenvalue weighted by Gasteiger charge is -2.06. The first kappa shape index (κ1) is 13.2. The summed E-state index contributed by atoms with van der Waals surface area (Å²) in [5, 5.41) is 3.40. The van der Waals surface area contributed by atoms with Gasteiger partial charge in [-0.05, 0) is 40.2 Å². The van der Waals surface area contributed by atoms with E-state index in [1.54, 1.807) is 24.3 Å². The molecule has 2 rings (SSSR count). The first-order valence-electron chi connectivity index (χ1n) is 5.44. The van der Waals surface area contributed by atoms with Crippen molar-refractivity contribution in [2.45, 2.75) is 13.3 Å². The van der Waals surface area contributed by atoms with Crippen LogP contribution < -0.4 is 5.32 Å². The minimum Gasteiger partial charge on any atom is -0.469 e. The quantitative estimate of drug-likeness (QED) is 0.900. The Kier molecular flexibility index (Phi) is 4.09. The second-order valence-electron chi connectivity index (χ2n) is 3.69. The molecule has 0 unspecified atom stereocenters. The summed E-state index contributed by atoms with van der Waals surface area (Å²) in [4.78, 5) is 12.0. The van der Waals surface area contributed by atoms with Gasteiger partial charge in [-0.15, -0.1) is 0 Å². The molecule has 0 radical (unpaired) electrons. The number of hydrogen-bond acceptors (Lipinski definition) is 2. The summed E-state index contributed by atoms with van der Waals surface area (Å²) in [6.45, 7) is 1.94. The minimum atomic E-state index is -0.185. The number of benzene rings is 1. The molecule has 1 amide bonds. The standard InChI is InChI=1S/C13H11BrClNO2/c1-2-12-9(5-6-18-12)13(17)16-8-3-4-11(15)10(14)7-8/h3-7H,2H2,1H3,(H,16,17). The zero-order valence-electron chi connectivity index (χ0n) is 9.67. The van der Waals surface area contributed by atoms with Crippen LogP contribution >= 0.6 is 27.5 Å². The van der Waals surface area contributed by atoms with E-state index in [0.29, 0.717) is 28.5 Å². The maximum absolute atomic E-state index is 12.0. The van der Waals surface area contributed by atoms with E-state index in [9.17, 15) is 4.79 Å². The van der Waals surface area contributed by atoms with Gasteiger partial charge < -0.3 is 9.73 Å². The predicted octanol–water partition coefficient (Wildman–Crippen LogP) is 4.51. The summed E-state index contributed by atoms with van der Waals surface area (Å²) in [7, 11) is 0. The second-order valence-corrected chi connectivity index (χ2v) is 4.96. The van der Waals surface area contributed by atoms with Crippen molar-refractivity contribution in [1.82, 2.24) is 0 Å². The summed E-state index contributed by atoms with van der Waals surface area (Å²) in [6, 6.07) is 6.89. The van der Waals surface area contributed by atoms with E-state index in [1.807, 2.05) is 6.92 Å². The van der Waals surface area contributed by atoms with Crippen molar-refractivity contribution in [1.29, 1.82) is 0 Å². The molecule has 5 heteroatoms. The highest BCUT2D eigenvalue weighted by Gasteiger charge is 2.13. The molecular weight excluding hydrogens is 318 g/mol. The molecule has 0 aliphatic carbocycles. The number of furan rings is 1. The van der Waals surface area contributed by atoms with Crippen molar-refractivity contribution in [3.63, 3.8) is 0 Å². The zero-order chi connectivity index (χ0) is 13.1. The lowest BCUT2D eigenvalue weighted by atomic mass is 10.2. The van der Waals surface area contributed by atoms with Gasteiger partial charge in [0.1, 0.15) is 5.76 Å². The van der Waals surface area contributed by atoms with Crippen LogP contribution in [-0.2, 0) is 6.42 Å². The third kappa shape index (κ3) is 2.76. The van der Waals surface area contributed by atoms with Gasteiger partial charge in [0.05, 0.1) is 16.8 Å². The fourth-order valence-corrected chi connectivity index (χ4v) is 2.09. The van der Waals surface area contributed by atoms with Crippen LogP contribution in [0.5, 0.6) is 0 Å². The summed E-state index contributed by atoms with van der Waals surface area (Å²) in [5.41, 5.74) is 1.24. The number of carbonyl (C=O) groups excluding carboxylic acids is 1. The zero-order valence-corrected chi connectivity index (χ0v) is 12.0. The molecule has 1 N–H and O–H groups in total.